The Morgan fingerprint density at radius 3 is 2.65 bits per heavy atom. The summed E-state index contributed by atoms with van der Waals surface area (Å²) in [6.45, 7) is 2.23. The van der Waals surface area contributed by atoms with Gasteiger partial charge in [-0.05, 0) is 37.3 Å². The van der Waals surface area contributed by atoms with Gasteiger partial charge >= 0.3 is 5.97 Å². The molecule has 1 N–H and O–H groups in total. The molecule has 0 saturated heterocycles. The smallest absolute Gasteiger partial charge is 0.376 e. The van der Waals surface area contributed by atoms with Gasteiger partial charge in [-0.25, -0.2) is 14.2 Å². The van der Waals surface area contributed by atoms with Gasteiger partial charge in [-0.1, -0.05) is 23.4 Å². The molecule has 0 aliphatic heterocycles. The normalized spacial score (nSPS) is 10.8. The van der Waals surface area contributed by atoms with Gasteiger partial charge in [-0.15, -0.1) is 0 Å². The second-order valence-electron chi connectivity index (χ2n) is 6.50. The van der Waals surface area contributed by atoms with Crippen molar-refractivity contribution in [3.63, 3.8) is 0 Å². The third kappa shape index (κ3) is 4.16. The zero-order chi connectivity index (χ0) is 21.8. The standard InChI is InChI=1S/C22H19FN4O4/c1-3-30-22(28)20-25-19(24-12-14-6-4-5-7-16(14)29-2)17-18(27-31-21(17)26-20)13-8-10-15(23)11-9-13/h4-11H,3,12H2,1-2H3,(H,24,25,26). The predicted molar refractivity (Wildman–Crippen MR) is 111 cm³/mol. The molecule has 31 heavy (non-hydrogen) atoms. The molecule has 0 aliphatic carbocycles. The SMILES string of the molecule is CCOC(=O)c1nc(NCc2ccccc2OC)c2c(-c3ccc(F)cc3)noc2n1. The molecule has 2 aromatic heterocycles. The number of ether oxygens (including phenoxy) is 2. The molecule has 0 atom stereocenters. The third-order valence-corrected chi connectivity index (χ3v) is 4.55. The number of benzene rings is 2. The molecule has 2 aromatic carbocycles. The van der Waals surface area contributed by atoms with Gasteiger partial charge in [-0.2, -0.15) is 4.98 Å². The van der Waals surface area contributed by atoms with E-state index >= 15 is 0 Å². The van der Waals surface area contributed by atoms with Gasteiger partial charge in [0.1, 0.15) is 28.5 Å². The quantitative estimate of drug-likeness (QED) is 0.442. The molecule has 158 valence electrons. The molecule has 0 spiro atoms. The summed E-state index contributed by atoms with van der Waals surface area (Å²) in [6.07, 6.45) is 0. The maximum absolute atomic E-state index is 13.4. The Bertz CT molecular complexity index is 1220. The van der Waals surface area contributed by atoms with Gasteiger partial charge in [0, 0.05) is 17.7 Å². The lowest BCUT2D eigenvalue weighted by molar-refractivity contribution is 0.0512. The minimum atomic E-state index is -0.676. The van der Waals surface area contributed by atoms with Crippen molar-refractivity contribution in [1.29, 1.82) is 0 Å². The summed E-state index contributed by atoms with van der Waals surface area (Å²) >= 11 is 0. The molecule has 0 aliphatic rings. The summed E-state index contributed by atoms with van der Waals surface area (Å²) in [5, 5.41) is 7.75. The first-order valence-corrected chi connectivity index (χ1v) is 9.57. The van der Waals surface area contributed by atoms with Crippen LogP contribution in [0.2, 0.25) is 0 Å². The number of nitrogens with zero attached hydrogens (tertiary/aromatic N) is 3. The van der Waals surface area contributed by atoms with E-state index in [-0.39, 0.29) is 24.0 Å². The number of halogens is 1. The van der Waals surface area contributed by atoms with Crippen LogP contribution in [0.15, 0.2) is 53.1 Å². The number of fused-ring (bicyclic) bond motifs is 1. The van der Waals surface area contributed by atoms with Gasteiger partial charge in [0.25, 0.3) is 5.71 Å². The fraction of sp³-hybridized carbons (Fsp3) is 0.182. The molecular formula is C22H19FN4O4. The number of anilines is 1. The van der Waals surface area contributed by atoms with Crippen LogP contribution in [0, 0.1) is 5.82 Å². The molecule has 0 fully saturated rings. The van der Waals surface area contributed by atoms with Crippen LogP contribution in [-0.2, 0) is 11.3 Å². The molecule has 0 saturated carbocycles. The van der Waals surface area contributed by atoms with Gasteiger partial charge in [-0.3, -0.25) is 0 Å². The lowest BCUT2D eigenvalue weighted by Crippen LogP contribution is -2.12. The number of nitrogens with one attached hydrogen (secondary N) is 1. The van der Waals surface area contributed by atoms with Crippen molar-refractivity contribution in [1.82, 2.24) is 15.1 Å². The molecule has 0 bridgehead atoms. The molecule has 0 unspecified atom stereocenters. The van der Waals surface area contributed by atoms with Crippen molar-refractivity contribution < 1.29 is 23.2 Å². The molecule has 0 radical (unpaired) electrons. The summed E-state index contributed by atoms with van der Waals surface area (Å²) in [5.41, 5.74) is 2.04. The van der Waals surface area contributed by atoms with E-state index in [4.69, 9.17) is 14.0 Å². The highest BCUT2D eigenvalue weighted by molar-refractivity contribution is 5.99. The Labute approximate surface area is 177 Å². The van der Waals surface area contributed by atoms with Crippen molar-refractivity contribution in [2.75, 3.05) is 19.0 Å². The first kappa shape index (κ1) is 20.3. The van der Waals surface area contributed by atoms with Crippen LogP contribution in [0.3, 0.4) is 0 Å². The maximum Gasteiger partial charge on any atom is 0.376 e. The zero-order valence-corrected chi connectivity index (χ0v) is 16.9. The molecule has 4 rings (SSSR count). The monoisotopic (exact) mass is 422 g/mol. The highest BCUT2D eigenvalue weighted by Gasteiger charge is 2.22. The Morgan fingerprint density at radius 1 is 1.13 bits per heavy atom. The predicted octanol–water partition coefficient (Wildman–Crippen LogP) is 4.22. The van der Waals surface area contributed by atoms with Crippen LogP contribution in [0.1, 0.15) is 23.1 Å². The summed E-state index contributed by atoms with van der Waals surface area (Å²) < 4.78 is 29.2. The molecule has 9 heteroatoms. The molecule has 0 amide bonds. The number of aromatic nitrogens is 3. The largest absolute Gasteiger partial charge is 0.496 e. The fourth-order valence-electron chi connectivity index (χ4n) is 3.10. The van der Waals surface area contributed by atoms with Crippen LogP contribution in [0.25, 0.3) is 22.4 Å². The second-order valence-corrected chi connectivity index (χ2v) is 6.50. The van der Waals surface area contributed by atoms with Crippen LogP contribution in [0.5, 0.6) is 5.75 Å². The van der Waals surface area contributed by atoms with E-state index in [1.807, 2.05) is 24.3 Å². The molecule has 4 aromatic rings. The average Bonchev–Trinajstić information content (AvgIpc) is 3.22. The average molecular weight is 422 g/mol. The topological polar surface area (TPSA) is 99.4 Å². The Hall–Kier alpha value is -4.01. The van der Waals surface area contributed by atoms with Crippen LogP contribution >= 0.6 is 0 Å². The zero-order valence-electron chi connectivity index (χ0n) is 16.9. The number of rotatable bonds is 7. The van der Waals surface area contributed by atoms with Crippen LogP contribution < -0.4 is 10.1 Å². The van der Waals surface area contributed by atoms with Crippen molar-refractivity contribution in [2.45, 2.75) is 13.5 Å². The van der Waals surface area contributed by atoms with Crippen LogP contribution in [0.4, 0.5) is 10.2 Å². The number of carbonyl (C=O) groups excluding carboxylic acids is 1. The van der Waals surface area contributed by atoms with E-state index in [2.05, 4.69) is 20.4 Å². The number of hydrogen-bond acceptors (Lipinski definition) is 8. The van der Waals surface area contributed by atoms with Crippen molar-refractivity contribution in [2.24, 2.45) is 0 Å². The Balaban J connectivity index is 1.80. The number of esters is 1. The van der Waals surface area contributed by atoms with E-state index in [0.717, 1.165) is 5.56 Å². The van der Waals surface area contributed by atoms with Gasteiger partial charge in [0.05, 0.1) is 13.7 Å². The van der Waals surface area contributed by atoms with Gasteiger partial charge in [0.15, 0.2) is 0 Å². The third-order valence-electron chi connectivity index (χ3n) is 4.55. The number of carbonyl (C=O) groups is 1. The fourth-order valence-corrected chi connectivity index (χ4v) is 3.10. The summed E-state index contributed by atoms with van der Waals surface area (Å²) in [5.74, 6) is -0.162. The van der Waals surface area contributed by atoms with Gasteiger partial charge < -0.3 is 19.3 Å². The Kier molecular flexibility index (Phi) is 5.74. The van der Waals surface area contributed by atoms with Crippen molar-refractivity contribution >= 4 is 22.9 Å². The summed E-state index contributed by atoms with van der Waals surface area (Å²) in [7, 11) is 1.59. The van der Waals surface area contributed by atoms with E-state index in [1.54, 1.807) is 26.2 Å². The summed E-state index contributed by atoms with van der Waals surface area (Å²) in [6, 6.07) is 13.3. The molecule has 2 heterocycles. The lowest BCUT2D eigenvalue weighted by Gasteiger charge is -2.11. The second kappa shape index (κ2) is 8.78. The minimum Gasteiger partial charge on any atom is -0.496 e. The summed E-state index contributed by atoms with van der Waals surface area (Å²) in [4.78, 5) is 20.7. The van der Waals surface area contributed by atoms with E-state index < -0.39 is 5.97 Å². The van der Waals surface area contributed by atoms with Crippen LogP contribution in [-0.4, -0.2) is 34.8 Å². The lowest BCUT2D eigenvalue weighted by atomic mass is 10.1. The number of para-hydroxylation sites is 1. The Morgan fingerprint density at radius 2 is 1.90 bits per heavy atom. The highest BCUT2D eigenvalue weighted by Crippen LogP contribution is 2.32. The highest BCUT2D eigenvalue weighted by atomic mass is 19.1. The minimum absolute atomic E-state index is 0.111. The van der Waals surface area contributed by atoms with Gasteiger partial charge in [0.2, 0.25) is 5.82 Å². The van der Waals surface area contributed by atoms with E-state index in [9.17, 15) is 9.18 Å². The maximum atomic E-state index is 13.4. The first-order valence-electron chi connectivity index (χ1n) is 9.57. The number of methoxy groups -OCH3 is 1. The first-order chi connectivity index (χ1) is 15.1. The van der Waals surface area contributed by atoms with E-state index in [0.29, 0.717) is 34.8 Å². The number of hydrogen-bond donors (Lipinski definition) is 1. The molecule has 8 nitrogen and oxygen atoms in total. The van der Waals surface area contributed by atoms with E-state index in [1.165, 1.54) is 12.1 Å². The van der Waals surface area contributed by atoms with Crippen molar-refractivity contribution in [3.05, 3.63) is 65.7 Å². The van der Waals surface area contributed by atoms with Crippen molar-refractivity contribution in [3.8, 4) is 17.0 Å². The molecular weight excluding hydrogens is 403 g/mol.